The summed E-state index contributed by atoms with van der Waals surface area (Å²) in [6.07, 6.45) is -3.31. The van der Waals surface area contributed by atoms with Crippen LogP contribution in [0.1, 0.15) is 5.69 Å². The number of rotatable bonds is 1. The van der Waals surface area contributed by atoms with Gasteiger partial charge in [0.05, 0.1) is 5.52 Å². The SMILES string of the molecule is FC(F)(F)c1ccn(-c2nc(Cl)nc3ccccc23)n1. The highest BCUT2D eigenvalue weighted by atomic mass is 35.5. The van der Waals surface area contributed by atoms with Crippen molar-refractivity contribution in [3.05, 3.63) is 47.5 Å². The van der Waals surface area contributed by atoms with Crippen LogP contribution in [0.2, 0.25) is 5.28 Å². The van der Waals surface area contributed by atoms with E-state index < -0.39 is 11.9 Å². The first-order valence-corrected chi connectivity index (χ1v) is 5.88. The molecule has 20 heavy (non-hydrogen) atoms. The molecule has 2 aromatic heterocycles. The van der Waals surface area contributed by atoms with Gasteiger partial charge in [0.1, 0.15) is 0 Å². The molecule has 102 valence electrons. The molecule has 3 aromatic rings. The summed E-state index contributed by atoms with van der Waals surface area (Å²) in [7, 11) is 0. The molecule has 0 unspecified atom stereocenters. The van der Waals surface area contributed by atoms with E-state index in [1.165, 1.54) is 6.20 Å². The minimum absolute atomic E-state index is 0.0530. The highest BCUT2D eigenvalue weighted by Gasteiger charge is 2.33. The first-order valence-electron chi connectivity index (χ1n) is 5.51. The van der Waals surface area contributed by atoms with Crippen LogP contribution in [-0.4, -0.2) is 19.7 Å². The molecule has 0 aliphatic rings. The molecule has 0 radical (unpaired) electrons. The van der Waals surface area contributed by atoms with Gasteiger partial charge in [0.25, 0.3) is 0 Å². The summed E-state index contributed by atoms with van der Waals surface area (Å²) < 4.78 is 38.8. The molecule has 0 spiro atoms. The van der Waals surface area contributed by atoms with Crippen LogP contribution in [-0.2, 0) is 6.18 Å². The molecule has 1 aromatic carbocycles. The van der Waals surface area contributed by atoms with E-state index in [2.05, 4.69) is 15.1 Å². The van der Waals surface area contributed by atoms with Crippen molar-refractivity contribution >= 4 is 22.5 Å². The van der Waals surface area contributed by atoms with Crippen molar-refractivity contribution in [2.45, 2.75) is 6.18 Å². The Balaban J connectivity index is 2.21. The van der Waals surface area contributed by atoms with E-state index in [-0.39, 0.29) is 11.1 Å². The summed E-state index contributed by atoms with van der Waals surface area (Å²) in [6.45, 7) is 0. The van der Waals surface area contributed by atoms with Gasteiger partial charge in [-0.25, -0.2) is 9.67 Å². The molecule has 0 bridgehead atoms. The number of alkyl halides is 3. The van der Waals surface area contributed by atoms with Crippen molar-refractivity contribution < 1.29 is 13.2 Å². The van der Waals surface area contributed by atoms with Crippen molar-refractivity contribution in [3.63, 3.8) is 0 Å². The Morgan fingerprint density at radius 3 is 2.50 bits per heavy atom. The average Bonchev–Trinajstić information content (AvgIpc) is 2.87. The maximum atomic E-state index is 12.6. The molecule has 4 nitrogen and oxygen atoms in total. The minimum Gasteiger partial charge on any atom is -0.221 e. The largest absolute Gasteiger partial charge is 0.435 e. The van der Waals surface area contributed by atoms with Crippen LogP contribution in [0.25, 0.3) is 16.7 Å². The second kappa shape index (κ2) is 4.45. The second-order valence-electron chi connectivity index (χ2n) is 3.98. The van der Waals surface area contributed by atoms with Gasteiger partial charge in [-0.05, 0) is 29.8 Å². The normalized spacial score (nSPS) is 12.0. The van der Waals surface area contributed by atoms with E-state index in [0.717, 1.165) is 10.7 Å². The van der Waals surface area contributed by atoms with Crippen molar-refractivity contribution in [1.82, 2.24) is 19.7 Å². The molecule has 0 aliphatic heterocycles. The molecule has 0 fully saturated rings. The topological polar surface area (TPSA) is 43.6 Å². The lowest BCUT2D eigenvalue weighted by molar-refractivity contribution is -0.141. The predicted molar refractivity (Wildman–Crippen MR) is 66.7 cm³/mol. The third kappa shape index (κ3) is 2.20. The number of halogens is 4. The van der Waals surface area contributed by atoms with Gasteiger partial charge in [0.15, 0.2) is 11.5 Å². The van der Waals surface area contributed by atoms with E-state index in [0.29, 0.717) is 10.9 Å². The maximum Gasteiger partial charge on any atom is 0.435 e. The van der Waals surface area contributed by atoms with Gasteiger partial charge in [0.2, 0.25) is 5.28 Å². The van der Waals surface area contributed by atoms with E-state index in [4.69, 9.17) is 11.6 Å². The third-order valence-corrected chi connectivity index (χ3v) is 2.82. The van der Waals surface area contributed by atoms with Crippen LogP contribution < -0.4 is 0 Å². The number of benzene rings is 1. The molecule has 8 heteroatoms. The molecule has 0 saturated carbocycles. The van der Waals surface area contributed by atoms with Gasteiger partial charge >= 0.3 is 6.18 Å². The van der Waals surface area contributed by atoms with E-state index in [1.54, 1.807) is 24.3 Å². The van der Waals surface area contributed by atoms with Gasteiger partial charge in [-0.2, -0.15) is 23.3 Å². The first-order chi connectivity index (χ1) is 9.45. The Kier molecular flexibility index (Phi) is 2.86. The molecular weight excluding hydrogens is 293 g/mol. The van der Waals surface area contributed by atoms with Crippen molar-refractivity contribution in [2.75, 3.05) is 0 Å². The number of nitrogens with zero attached hydrogens (tertiary/aromatic N) is 4. The van der Waals surface area contributed by atoms with Crippen LogP contribution in [0.15, 0.2) is 36.5 Å². The maximum absolute atomic E-state index is 12.6. The van der Waals surface area contributed by atoms with Gasteiger partial charge in [-0.3, -0.25) is 0 Å². The second-order valence-corrected chi connectivity index (χ2v) is 4.31. The summed E-state index contributed by atoms with van der Waals surface area (Å²) in [4.78, 5) is 7.96. The molecule has 0 aliphatic carbocycles. The Morgan fingerprint density at radius 1 is 1.05 bits per heavy atom. The van der Waals surface area contributed by atoms with Crippen molar-refractivity contribution in [1.29, 1.82) is 0 Å². The van der Waals surface area contributed by atoms with Crippen LogP contribution in [0.3, 0.4) is 0 Å². The zero-order valence-corrected chi connectivity index (χ0v) is 10.5. The summed E-state index contributed by atoms with van der Waals surface area (Å²) in [6, 6.07) is 7.75. The lowest BCUT2D eigenvalue weighted by Crippen LogP contribution is -2.08. The summed E-state index contributed by atoms with van der Waals surface area (Å²) >= 11 is 5.78. The highest BCUT2D eigenvalue weighted by Crippen LogP contribution is 2.28. The van der Waals surface area contributed by atoms with Crippen LogP contribution in [0, 0.1) is 0 Å². The summed E-state index contributed by atoms with van der Waals surface area (Å²) in [5, 5.41) is 4.00. The first kappa shape index (κ1) is 12.9. The standard InChI is InChI=1S/C12H6ClF3N4/c13-11-17-8-4-2-1-3-7(8)10(18-11)20-6-5-9(19-20)12(14,15)16/h1-6H. The van der Waals surface area contributed by atoms with Crippen LogP contribution >= 0.6 is 11.6 Å². The average molecular weight is 299 g/mol. The zero-order valence-electron chi connectivity index (χ0n) is 9.76. The molecule has 0 saturated heterocycles. The number of aromatic nitrogens is 4. The van der Waals surface area contributed by atoms with Gasteiger partial charge in [0, 0.05) is 11.6 Å². The molecule has 3 rings (SSSR count). The fraction of sp³-hybridized carbons (Fsp3) is 0.0833. The summed E-state index contributed by atoms with van der Waals surface area (Å²) in [5.41, 5.74) is -0.456. The Morgan fingerprint density at radius 2 is 1.80 bits per heavy atom. The number of para-hydroxylation sites is 1. The fourth-order valence-corrected chi connectivity index (χ4v) is 1.97. The van der Waals surface area contributed by atoms with Crippen molar-refractivity contribution in [3.8, 4) is 5.82 Å². The van der Waals surface area contributed by atoms with Gasteiger partial charge in [-0.15, -0.1) is 0 Å². The molecule has 0 amide bonds. The number of hydrogen-bond acceptors (Lipinski definition) is 3. The van der Waals surface area contributed by atoms with Crippen molar-refractivity contribution in [2.24, 2.45) is 0 Å². The smallest absolute Gasteiger partial charge is 0.221 e. The quantitative estimate of drug-likeness (QED) is 0.646. The Labute approximate surface area is 115 Å². The highest BCUT2D eigenvalue weighted by molar-refractivity contribution is 6.28. The van der Waals surface area contributed by atoms with Crippen LogP contribution in [0.5, 0.6) is 0 Å². The lowest BCUT2D eigenvalue weighted by atomic mass is 10.2. The fourth-order valence-electron chi connectivity index (χ4n) is 1.80. The molecular formula is C12H6ClF3N4. The van der Waals surface area contributed by atoms with E-state index in [1.807, 2.05) is 0 Å². The number of hydrogen-bond donors (Lipinski definition) is 0. The monoisotopic (exact) mass is 298 g/mol. The zero-order chi connectivity index (χ0) is 14.3. The van der Waals surface area contributed by atoms with Gasteiger partial charge < -0.3 is 0 Å². The molecule has 0 N–H and O–H groups in total. The third-order valence-electron chi connectivity index (χ3n) is 2.65. The van der Waals surface area contributed by atoms with E-state index >= 15 is 0 Å². The summed E-state index contributed by atoms with van der Waals surface area (Å²) in [5.74, 6) is 0.205. The molecule has 0 atom stereocenters. The molecule has 2 heterocycles. The Hall–Kier alpha value is -2.15. The lowest BCUT2D eigenvalue weighted by Gasteiger charge is -2.06. The minimum atomic E-state index is -4.50. The predicted octanol–water partition coefficient (Wildman–Crippen LogP) is 3.49. The Bertz CT molecular complexity index is 782. The number of fused-ring (bicyclic) bond motifs is 1. The van der Waals surface area contributed by atoms with Crippen LogP contribution in [0.4, 0.5) is 13.2 Å². The van der Waals surface area contributed by atoms with Gasteiger partial charge in [-0.1, -0.05) is 12.1 Å². The van der Waals surface area contributed by atoms with E-state index in [9.17, 15) is 13.2 Å².